The summed E-state index contributed by atoms with van der Waals surface area (Å²) in [4.78, 5) is 10.9. The highest BCUT2D eigenvalue weighted by Crippen LogP contribution is 2.52. The molecule has 13 rings (SSSR count). The largest absolute Gasteiger partial charge is 0.309 e. The Morgan fingerprint density at radius 2 is 0.966 bits per heavy atom. The molecule has 4 nitrogen and oxygen atoms in total. The molecular formula is C55H36N4. The summed E-state index contributed by atoms with van der Waals surface area (Å²) in [7, 11) is 0. The van der Waals surface area contributed by atoms with Gasteiger partial charge in [0.2, 0.25) is 0 Å². The molecule has 0 aliphatic heterocycles. The van der Waals surface area contributed by atoms with Crippen molar-refractivity contribution < 1.29 is 0 Å². The van der Waals surface area contributed by atoms with Crippen LogP contribution in [0.2, 0.25) is 0 Å². The van der Waals surface area contributed by atoms with Crippen LogP contribution in [0.3, 0.4) is 0 Å². The second-order valence-corrected chi connectivity index (χ2v) is 16.6. The first-order valence-corrected chi connectivity index (χ1v) is 20.4. The highest BCUT2D eigenvalue weighted by atomic mass is 15.1. The van der Waals surface area contributed by atoms with Crippen LogP contribution >= 0.6 is 0 Å². The first-order valence-electron chi connectivity index (χ1n) is 20.4. The molecule has 4 heteroatoms. The van der Waals surface area contributed by atoms with Crippen LogP contribution in [0.1, 0.15) is 25.0 Å². The lowest BCUT2D eigenvalue weighted by Gasteiger charge is -2.24. The normalized spacial score (nSPS) is 13.4. The zero-order chi connectivity index (χ0) is 39.0. The first-order chi connectivity index (χ1) is 29.0. The Hall–Kier alpha value is -7.56. The minimum atomic E-state index is -0.204. The number of rotatable bonds is 3. The molecule has 0 saturated carbocycles. The fourth-order valence-corrected chi connectivity index (χ4v) is 10.4. The number of benzene rings is 9. The van der Waals surface area contributed by atoms with E-state index in [1.165, 1.54) is 82.1 Å². The third-order valence-corrected chi connectivity index (χ3v) is 13.0. The molecule has 0 unspecified atom stereocenters. The van der Waals surface area contributed by atoms with Crippen LogP contribution in [0.4, 0.5) is 0 Å². The molecule has 0 N–H and O–H groups in total. The van der Waals surface area contributed by atoms with Crippen LogP contribution < -0.4 is 0 Å². The zero-order valence-corrected chi connectivity index (χ0v) is 32.6. The number of nitrogens with zero attached hydrogens (tertiary/aromatic N) is 4. The standard InChI is InChI=1S/C55H36N4/c1-55(2)45-24-9-5-18-36(45)39-22-14-23-41(52(39)55)53-56-46-25-10-6-21-40(46)54(57-53)59-48-27-12-8-20-38(48)44-32-42-35(31-51(44)59)17-13-28-49(42)58-47-26-11-7-19-37(47)43-29-33-15-3-4-16-34(33)30-50(43)58/h3-32H,1-2H3. The Morgan fingerprint density at radius 3 is 1.80 bits per heavy atom. The van der Waals surface area contributed by atoms with Gasteiger partial charge in [-0.1, -0.05) is 141 Å². The van der Waals surface area contributed by atoms with Crippen molar-refractivity contribution in [1.82, 2.24) is 19.1 Å². The van der Waals surface area contributed by atoms with Crippen LogP contribution in [0.25, 0.3) is 110 Å². The van der Waals surface area contributed by atoms with Gasteiger partial charge in [-0.25, -0.2) is 9.97 Å². The van der Waals surface area contributed by atoms with E-state index in [0.29, 0.717) is 0 Å². The molecule has 0 bridgehead atoms. The number of hydrogen-bond acceptors (Lipinski definition) is 2. The van der Waals surface area contributed by atoms with E-state index < -0.39 is 0 Å². The summed E-state index contributed by atoms with van der Waals surface area (Å²) in [5, 5.41) is 10.8. The number of para-hydroxylation sites is 3. The molecule has 0 radical (unpaired) electrons. The van der Waals surface area contributed by atoms with Gasteiger partial charge in [0.05, 0.1) is 33.3 Å². The molecule has 0 amide bonds. The van der Waals surface area contributed by atoms with E-state index in [4.69, 9.17) is 9.97 Å². The van der Waals surface area contributed by atoms with Crippen molar-refractivity contribution in [2.24, 2.45) is 0 Å². The Labute approximate surface area is 340 Å². The quantitative estimate of drug-likeness (QED) is 0.180. The highest BCUT2D eigenvalue weighted by molar-refractivity contribution is 6.18. The molecule has 3 aromatic heterocycles. The van der Waals surface area contributed by atoms with Gasteiger partial charge in [0.1, 0.15) is 5.82 Å². The van der Waals surface area contributed by atoms with E-state index >= 15 is 0 Å². The third-order valence-electron chi connectivity index (χ3n) is 13.0. The molecule has 9 aromatic carbocycles. The summed E-state index contributed by atoms with van der Waals surface area (Å²) < 4.78 is 4.84. The third kappa shape index (κ3) is 4.43. The van der Waals surface area contributed by atoms with E-state index in [-0.39, 0.29) is 5.41 Å². The summed E-state index contributed by atoms with van der Waals surface area (Å²) >= 11 is 0. The van der Waals surface area contributed by atoms with Crippen molar-refractivity contribution >= 4 is 76.1 Å². The predicted molar refractivity (Wildman–Crippen MR) is 246 cm³/mol. The molecule has 0 fully saturated rings. The van der Waals surface area contributed by atoms with E-state index in [2.05, 4.69) is 205 Å². The lowest BCUT2D eigenvalue weighted by Crippen LogP contribution is -2.17. The van der Waals surface area contributed by atoms with Crippen molar-refractivity contribution in [2.75, 3.05) is 0 Å². The van der Waals surface area contributed by atoms with Gasteiger partial charge < -0.3 is 4.57 Å². The van der Waals surface area contributed by atoms with Crippen molar-refractivity contribution in [3.63, 3.8) is 0 Å². The Morgan fingerprint density at radius 1 is 0.390 bits per heavy atom. The average Bonchev–Trinajstić information content (AvgIpc) is 3.86. The van der Waals surface area contributed by atoms with E-state index in [9.17, 15) is 0 Å². The topological polar surface area (TPSA) is 35.6 Å². The molecule has 1 aliphatic carbocycles. The van der Waals surface area contributed by atoms with Crippen molar-refractivity contribution in [2.45, 2.75) is 19.3 Å². The number of hydrogen-bond donors (Lipinski definition) is 0. The second-order valence-electron chi connectivity index (χ2n) is 16.6. The van der Waals surface area contributed by atoms with Gasteiger partial charge >= 0.3 is 0 Å². The number of aromatic nitrogens is 4. The summed E-state index contributed by atoms with van der Waals surface area (Å²) in [6.45, 7) is 4.66. The van der Waals surface area contributed by atoms with Crippen molar-refractivity contribution in [3.8, 4) is 34.0 Å². The van der Waals surface area contributed by atoms with Gasteiger partial charge in [0.15, 0.2) is 5.82 Å². The fourth-order valence-electron chi connectivity index (χ4n) is 10.4. The lowest BCUT2D eigenvalue weighted by molar-refractivity contribution is 0.661. The minimum absolute atomic E-state index is 0.204. The van der Waals surface area contributed by atoms with Crippen LogP contribution in [0, 0.1) is 0 Å². The first kappa shape index (κ1) is 32.5. The number of fused-ring (bicyclic) bond motifs is 12. The van der Waals surface area contributed by atoms with Gasteiger partial charge in [0.25, 0.3) is 0 Å². The maximum Gasteiger partial charge on any atom is 0.162 e. The van der Waals surface area contributed by atoms with Gasteiger partial charge in [-0.15, -0.1) is 0 Å². The SMILES string of the molecule is CC1(C)c2ccccc2-c2cccc(-c3nc(-n4c5ccccc5c5cc6c(-n7c8ccccc8c8cc9ccccc9cc87)cccc6cc54)c4ccccc4n3)c21. The van der Waals surface area contributed by atoms with E-state index in [0.717, 1.165) is 39.1 Å². The van der Waals surface area contributed by atoms with Crippen LogP contribution in [-0.2, 0) is 5.41 Å². The van der Waals surface area contributed by atoms with Crippen molar-refractivity contribution in [3.05, 3.63) is 193 Å². The van der Waals surface area contributed by atoms with Gasteiger partial charge in [-0.2, -0.15) is 0 Å². The maximum atomic E-state index is 5.60. The molecule has 0 atom stereocenters. The molecule has 0 saturated heterocycles. The predicted octanol–water partition coefficient (Wildman–Crippen LogP) is 14.1. The fraction of sp³-hybridized carbons (Fsp3) is 0.0545. The van der Waals surface area contributed by atoms with Gasteiger partial charge in [-0.05, 0) is 93.0 Å². The Balaban J connectivity index is 1.09. The van der Waals surface area contributed by atoms with Crippen LogP contribution in [0.15, 0.2) is 182 Å². The Bertz CT molecular complexity index is 3770. The van der Waals surface area contributed by atoms with Crippen molar-refractivity contribution in [1.29, 1.82) is 0 Å². The maximum absolute atomic E-state index is 5.60. The molecule has 276 valence electrons. The molecule has 0 spiro atoms. The summed E-state index contributed by atoms with van der Waals surface area (Å²) in [6.07, 6.45) is 0. The molecule has 12 aromatic rings. The average molecular weight is 753 g/mol. The monoisotopic (exact) mass is 752 g/mol. The molecule has 59 heavy (non-hydrogen) atoms. The minimum Gasteiger partial charge on any atom is -0.309 e. The zero-order valence-electron chi connectivity index (χ0n) is 32.6. The molecule has 1 aliphatic rings. The molecule has 3 heterocycles. The van der Waals surface area contributed by atoms with E-state index in [1.54, 1.807) is 0 Å². The van der Waals surface area contributed by atoms with Gasteiger partial charge in [0, 0.05) is 43.3 Å². The second kappa shape index (κ2) is 11.7. The van der Waals surface area contributed by atoms with Gasteiger partial charge in [-0.3, -0.25) is 4.57 Å². The van der Waals surface area contributed by atoms with E-state index in [1.807, 2.05) is 0 Å². The highest BCUT2D eigenvalue weighted by Gasteiger charge is 2.38. The summed E-state index contributed by atoms with van der Waals surface area (Å²) in [5.41, 5.74) is 12.8. The summed E-state index contributed by atoms with van der Waals surface area (Å²) in [6, 6.07) is 66.3. The van der Waals surface area contributed by atoms with Crippen LogP contribution in [0.5, 0.6) is 0 Å². The lowest BCUT2D eigenvalue weighted by atomic mass is 9.80. The Kier molecular flexibility index (Phi) is 6.48. The van der Waals surface area contributed by atoms with Crippen LogP contribution in [-0.4, -0.2) is 19.1 Å². The smallest absolute Gasteiger partial charge is 0.162 e. The molecular weight excluding hydrogens is 717 g/mol. The summed E-state index contributed by atoms with van der Waals surface area (Å²) in [5.74, 6) is 1.62.